The van der Waals surface area contributed by atoms with E-state index in [4.69, 9.17) is 0 Å². The lowest BCUT2D eigenvalue weighted by Crippen LogP contribution is -2.28. The predicted molar refractivity (Wildman–Crippen MR) is 123 cm³/mol. The van der Waals surface area contributed by atoms with Gasteiger partial charge in [0.25, 0.3) is 5.56 Å². The van der Waals surface area contributed by atoms with Gasteiger partial charge in [0.2, 0.25) is 11.8 Å². The van der Waals surface area contributed by atoms with Crippen molar-refractivity contribution < 1.29 is 9.90 Å². The molecule has 31 heavy (non-hydrogen) atoms. The molecule has 2 aromatic carbocycles. The van der Waals surface area contributed by atoms with Crippen molar-refractivity contribution >= 4 is 22.9 Å². The number of aryl methyl sites for hydroxylation is 2. The Morgan fingerprint density at radius 2 is 1.77 bits per heavy atom. The van der Waals surface area contributed by atoms with Crippen molar-refractivity contribution in [3.8, 4) is 11.6 Å². The summed E-state index contributed by atoms with van der Waals surface area (Å²) < 4.78 is 1.29. The second-order valence-electron chi connectivity index (χ2n) is 8.26. The highest BCUT2D eigenvalue weighted by Gasteiger charge is 2.21. The minimum atomic E-state index is -0.306. The van der Waals surface area contributed by atoms with Gasteiger partial charge in [-0.15, -0.1) is 0 Å². The van der Waals surface area contributed by atoms with Crippen molar-refractivity contribution in [1.82, 2.24) is 9.99 Å². The van der Waals surface area contributed by atoms with Crippen LogP contribution in [0.15, 0.2) is 52.4 Å². The van der Waals surface area contributed by atoms with Gasteiger partial charge in [-0.1, -0.05) is 43.5 Å². The number of carbonyl (C=O) groups is 1. The third-order valence-electron chi connectivity index (χ3n) is 6.20. The van der Waals surface area contributed by atoms with Crippen LogP contribution >= 0.6 is 0 Å². The number of nitrogens with zero attached hydrogens (tertiary/aromatic N) is 2. The molecule has 6 heteroatoms. The Labute approximate surface area is 181 Å². The third-order valence-corrected chi connectivity index (χ3v) is 6.20. The van der Waals surface area contributed by atoms with Crippen LogP contribution in [0.4, 0.5) is 0 Å². The summed E-state index contributed by atoms with van der Waals surface area (Å²) >= 11 is 0. The molecule has 0 bridgehead atoms. The van der Waals surface area contributed by atoms with E-state index in [9.17, 15) is 14.7 Å². The van der Waals surface area contributed by atoms with Gasteiger partial charge in [-0.05, 0) is 56.0 Å². The number of hydrazone groups is 1. The highest BCUT2D eigenvalue weighted by Crippen LogP contribution is 2.27. The molecular weight excluding hydrogens is 390 g/mol. The van der Waals surface area contributed by atoms with Crippen LogP contribution in [0.1, 0.15) is 48.8 Å². The van der Waals surface area contributed by atoms with Gasteiger partial charge in [-0.25, -0.2) is 9.99 Å². The Kier molecular flexibility index (Phi) is 5.89. The summed E-state index contributed by atoms with van der Waals surface area (Å²) in [5.41, 5.74) is 5.40. The SMILES string of the molecule is Cc1ccc(-n2c(O)c(/C=N/NC(=O)C3CCCCC3)c3ccccc3c2=O)cc1C. The third kappa shape index (κ3) is 4.10. The highest BCUT2D eigenvalue weighted by atomic mass is 16.3. The molecule has 0 radical (unpaired) electrons. The molecule has 1 aromatic heterocycles. The maximum Gasteiger partial charge on any atom is 0.265 e. The Balaban J connectivity index is 1.76. The first-order valence-corrected chi connectivity index (χ1v) is 10.7. The van der Waals surface area contributed by atoms with Crippen LogP contribution in [-0.4, -0.2) is 21.8 Å². The van der Waals surface area contributed by atoms with E-state index in [0.717, 1.165) is 36.8 Å². The van der Waals surface area contributed by atoms with E-state index in [1.165, 1.54) is 17.2 Å². The van der Waals surface area contributed by atoms with E-state index in [1.807, 2.05) is 32.0 Å². The Morgan fingerprint density at radius 1 is 1.06 bits per heavy atom. The quantitative estimate of drug-likeness (QED) is 0.489. The molecule has 1 heterocycles. The summed E-state index contributed by atoms with van der Waals surface area (Å²) in [4.78, 5) is 25.6. The maximum atomic E-state index is 13.2. The van der Waals surface area contributed by atoms with Crippen LogP contribution in [0.5, 0.6) is 5.88 Å². The molecule has 3 aromatic rings. The molecule has 160 valence electrons. The molecule has 6 nitrogen and oxygen atoms in total. The first-order valence-electron chi connectivity index (χ1n) is 10.7. The molecule has 1 amide bonds. The summed E-state index contributed by atoms with van der Waals surface area (Å²) in [6, 6.07) is 12.7. The number of aromatic nitrogens is 1. The highest BCUT2D eigenvalue weighted by molar-refractivity contribution is 6.02. The second kappa shape index (κ2) is 8.76. The molecular formula is C25H27N3O3. The van der Waals surface area contributed by atoms with E-state index in [-0.39, 0.29) is 23.3 Å². The van der Waals surface area contributed by atoms with Crippen molar-refractivity contribution in [3.05, 3.63) is 69.5 Å². The monoisotopic (exact) mass is 417 g/mol. The molecule has 0 atom stereocenters. The van der Waals surface area contributed by atoms with Crippen LogP contribution in [0.3, 0.4) is 0 Å². The number of fused-ring (bicyclic) bond motifs is 1. The zero-order chi connectivity index (χ0) is 22.0. The summed E-state index contributed by atoms with van der Waals surface area (Å²) in [5.74, 6) is -0.314. The fourth-order valence-electron chi connectivity index (χ4n) is 4.21. The zero-order valence-corrected chi connectivity index (χ0v) is 17.9. The number of pyridine rings is 1. The smallest absolute Gasteiger partial charge is 0.265 e. The Morgan fingerprint density at radius 3 is 2.48 bits per heavy atom. The molecule has 0 saturated heterocycles. The van der Waals surface area contributed by atoms with Gasteiger partial charge in [-0.2, -0.15) is 5.10 Å². The minimum absolute atomic E-state index is 0.0132. The van der Waals surface area contributed by atoms with Crippen molar-refractivity contribution in [1.29, 1.82) is 0 Å². The molecule has 0 aliphatic heterocycles. The Hall–Kier alpha value is -3.41. The van der Waals surface area contributed by atoms with Gasteiger partial charge >= 0.3 is 0 Å². The van der Waals surface area contributed by atoms with Gasteiger partial charge in [0.05, 0.1) is 17.5 Å². The number of hydrogen-bond acceptors (Lipinski definition) is 4. The summed E-state index contributed by atoms with van der Waals surface area (Å²) in [6.45, 7) is 3.96. The molecule has 1 saturated carbocycles. The lowest BCUT2D eigenvalue weighted by atomic mass is 9.89. The normalized spacial score (nSPS) is 14.9. The van der Waals surface area contributed by atoms with Gasteiger partial charge in [-0.3, -0.25) is 9.59 Å². The lowest BCUT2D eigenvalue weighted by molar-refractivity contribution is -0.125. The number of carbonyl (C=O) groups excluding carboxylic acids is 1. The molecule has 4 rings (SSSR count). The average Bonchev–Trinajstić information content (AvgIpc) is 2.79. The molecule has 0 unspecified atom stereocenters. The predicted octanol–water partition coefficient (Wildman–Crippen LogP) is 4.34. The van der Waals surface area contributed by atoms with Crippen molar-refractivity contribution in [2.45, 2.75) is 46.0 Å². The summed E-state index contributed by atoms with van der Waals surface area (Å²) in [7, 11) is 0. The molecule has 1 aliphatic carbocycles. The van der Waals surface area contributed by atoms with Crippen LogP contribution in [0.25, 0.3) is 16.5 Å². The number of amides is 1. The zero-order valence-electron chi connectivity index (χ0n) is 17.9. The lowest BCUT2D eigenvalue weighted by Gasteiger charge is -2.19. The molecule has 0 spiro atoms. The van der Waals surface area contributed by atoms with Crippen molar-refractivity contribution in [2.24, 2.45) is 11.0 Å². The fourth-order valence-corrected chi connectivity index (χ4v) is 4.21. The van der Waals surface area contributed by atoms with Crippen LogP contribution in [0, 0.1) is 19.8 Å². The number of aromatic hydroxyl groups is 1. The van der Waals surface area contributed by atoms with E-state index in [1.54, 1.807) is 24.3 Å². The van der Waals surface area contributed by atoms with E-state index < -0.39 is 0 Å². The van der Waals surface area contributed by atoms with Gasteiger partial charge < -0.3 is 5.11 Å². The van der Waals surface area contributed by atoms with Crippen LogP contribution < -0.4 is 11.0 Å². The molecule has 1 aliphatic rings. The topological polar surface area (TPSA) is 83.7 Å². The molecule has 2 N–H and O–H groups in total. The van der Waals surface area contributed by atoms with Crippen molar-refractivity contribution in [2.75, 3.05) is 0 Å². The Bertz CT molecular complexity index is 1220. The van der Waals surface area contributed by atoms with Crippen LogP contribution in [0.2, 0.25) is 0 Å². The standard InChI is InChI=1S/C25H27N3O3/c1-16-12-13-19(14-17(16)2)28-24(30)21-11-7-6-10-20(21)22(25(28)31)15-26-27-23(29)18-8-4-3-5-9-18/h6-7,10-15,18,31H,3-5,8-9H2,1-2H3,(H,27,29)/b26-15+. The first-order chi connectivity index (χ1) is 15.0. The minimum Gasteiger partial charge on any atom is -0.494 e. The molecule has 1 fully saturated rings. The van der Waals surface area contributed by atoms with Gasteiger partial charge in [0.15, 0.2) is 0 Å². The average molecular weight is 418 g/mol. The summed E-state index contributed by atoms with van der Waals surface area (Å²) in [5, 5.41) is 16.2. The number of hydrogen-bond donors (Lipinski definition) is 2. The van der Waals surface area contributed by atoms with Crippen LogP contribution in [-0.2, 0) is 4.79 Å². The fraction of sp³-hybridized carbons (Fsp3) is 0.320. The van der Waals surface area contributed by atoms with Gasteiger partial charge in [0, 0.05) is 16.7 Å². The first kappa shape index (κ1) is 20.8. The number of rotatable bonds is 4. The second-order valence-corrected chi connectivity index (χ2v) is 8.26. The van der Waals surface area contributed by atoms with Gasteiger partial charge in [0.1, 0.15) is 0 Å². The number of nitrogens with one attached hydrogen (secondary N) is 1. The maximum absolute atomic E-state index is 13.2. The van der Waals surface area contributed by atoms with E-state index in [0.29, 0.717) is 22.0 Å². The largest absolute Gasteiger partial charge is 0.494 e. The van der Waals surface area contributed by atoms with E-state index >= 15 is 0 Å². The van der Waals surface area contributed by atoms with Crippen molar-refractivity contribution in [3.63, 3.8) is 0 Å². The number of benzene rings is 2. The van der Waals surface area contributed by atoms with E-state index in [2.05, 4.69) is 10.5 Å². The summed E-state index contributed by atoms with van der Waals surface area (Å²) in [6.07, 6.45) is 6.49.